The van der Waals surface area contributed by atoms with Gasteiger partial charge in [0.15, 0.2) is 5.58 Å². The van der Waals surface area contributed by atoms with Gasteiger partial charge in [0, 0.05) is 66.3 Å². The summed E-state index contributed by atoms with van der Waals surface area (Å²) in [5, 5.41) is 1.33. The van der Waals surface area contributed by atoms with Gasteiger partial charge >= 0.3 is 5.69 Å². The summed E-state index contributed by atoms with van der Waals surface area (Å²) < 4.78 is 7.84. The van der Waals surface area contributed by atoms with Gasteiger partial charge in [-0.05, 0) is 56.3 Å². The quantitative estimate of drug-likeness (QED) is 0.331. The van der Waals surface area contributed by atoms with Gasteiger partial charge in [0.05, 0.1) is 5.69 Å². The lowest BCUT2D eigenvalue weighted by molar-refractivity contribution is 0.209. The van der Waals surface area contributed by atoms with Crippen molar-refractivity contribution in [2.45, 2.75) is 19.9 Å². The molecule has 0 saturated carbocycles. The first kappa shape index (κ1) is 22.8. The maximum atomic E-state index is 13.4. The van der Waals surface area contributed by atoms with Crippen molar-refractivity contribution < 1.29 is 4.42 Å². The van der Waals surface area contributed by atoms with Gasteiger partial charge in [-0.2, -0.15) is 4.98 Å². The monoisotopic (exact) mass is 499 g/mol. The molecule has 0 aliphatic carbocycles. The molecule has 36 heavy (non-hydrogen) atoms. The predicted molar refractivity (Wildman–Crippen MR) is 144 cm³/mol. The molecule has 0 radical (unpaired) electrons. The van der Waals surface area contributed by atoms with Crippen molar-refractivity contribution >= 4 is 39.4 Å². The molecule has 1 aliphatic rings. The molecule has 5 aromatic rings. The molecule has 6 rings (SSSR count). The second kappa shape index (κ2) is 9.08. The zero-order valence-electron chi connectivity index (χ0n) is 20.2. The number of hydrogen-bond acceptors (Lipinski definition) is 6. The van der Waals surface area contributed by atoms with E-state index in [-0.39, 0.29) is 5.69 Å². The van der Waals surface area contributed by atoms with E-state index in [0.717, 1.165) is 37.1 Å². The Morgan fingerprint density at radius 1 is 0.917 bits per heavy atom. The molecule has 0 bridgehead atoms. The van der Waals surface area contributed by atoms with E-state index in [0.29, 0.717) is 39.1 Å². The fourth-order valence-corrected chi connectivity index (χ4v) is 5.16. The smallest absolute Gasteiger partial charge is 0.353 e. The number of halogens is 1. The van der Waals surface area contributed by atoms with Crippen molar-refractivity contribution in [1.29, 1.82) is 0 Å². The lowest BCUT2D eigenvalue weighted by Gasteiger charge is -2.38. The van der Waals surface area contributed by atoms with Crippen molar-refractivity contribution in [3.63, 3.8) is 0 Å². The SMILES string of the molecule is CC(C)N1CCN(c2ccc(-c3nc(=O)n(-c4ccncc4)c4c3oc3ccc(Cl)cc34)cc2)CC1. The number of pyridine rings is 1. The van der Waals surface area contributed by atoms with Gasteiger partial charge in [-0.1, -0.05) is 23.7 Å². The van der Waals surface area contributed by atoms with Crippen LogP contribution in [0.15, 0.2) is 76.2 Å². The molecule has 8 heteroatoms. The van der Waals surface area contributed by atoms with Crippen LogP contribution in [0.1, 0.15) is 13.8 Å². The van der Waals surface area contributed by atoms with Crippen LogP contribution in [0.25, 0.3) is 39.0 Å². The first-order chi connectivity index (χ1) is 17.5. The Kier molecular flexibility index (Phi) is 5.74. The van der Waals surface area contributed by atoms with Crippen LogP contribution < -0.4 is 10.6 Å². The van der Waals surface area contributed by atoms with Crippen LogP contribution in [-0.4, -0.2) is 51.7 Å². The molecule has 0 N–H and O–H groups in total. The summed E-state index contributed by atoms with van der Waals surface area (Å²) in [6.07, 6.45) is 3.30. The van der Waals surface area contributed by atoms with E-state index in [1.54, 1.807) is 35.2 Å². The third-order valence-corrected chi connectivity index (χ3v) is 7.17. The van der Waals surface area contributed by atoms with E-state index in [2.05, 4.69) is 45.7 Å². The number of benzene rings is 2. The Balaban J connectivity index is 1.46. The number of fused-ring (bicyclic) bond motifs is 3. The topological polar surface area (TPSA) is 67.4 Å². The van der Waals surface area contributed by atoms with Crippen LogP contribution >= 0.6 is 11.6 Å². The molecule has 182 valence electrons. The highest BCUT2D eigenvalue weighted by Gasteiger charge is 2.22. The van der Waals surface area contributed by atoms with Crippen LogP contribution in [0.4, 0.5) is 5.69 Å². The van der Waals surface area contributed by atoms with Gasteiger partial charge in [0.1, 0.15) is 16.8 Å². The molecule has 0 spiro atoms. The lowest BCUT2D eigenvalue weighted by atomic mass is 10.1. The van der Waals surface area contributed by atoms with Crippen molar-refractivity contribution in [3.05, 3.63) is 82.5 Å². The summed E-state index contributed by atoms with van der Waals surface area (Å²) in [5.41, 5.74) is 4.62. The first-order valence-electron chi connectivity index (χ1n) is 12.1. The highest BCUT2D eigenvalue weighted by atomic mass is 35.5. The first-order valence-corrected chi connectivity index (χ1v) is 12.5. The summed E-state index contributed by atoms with van der Waals surface area (Å²) in [7, 11) is 0. The minimum atomic E-state index is -0.389. The van der Waals surface area contributed by atoms with Crippen LogP contribution in [0.2, 0.25) is 5.02 Å². The van der Waals surface area contributed by atoms with E-state index in [1.165, 1.54) is 5.69 Å². The normalized spacial score (nSPS) is 14.8. The summed E-state index contributed by atoms with van der Waals surface area (Å²) in [6, 6.07) is 17.8. The van der Waals surface area contributed by atoms with Gasteiger partial charge in [0.2, 0.25) is 0 Å². The number of hydrogen-bond donors (Lipinski definition) is 0. The van der Waals surface area contributed by atoms with Gasteiger partial charge < -0.3 is 9.32 Å². The highest BCUT2D eigenvalue weighted by molar-refractivity contribution is 6.31. The molecule has 2 aromatic carbocycles. The molecule has 1 saturated heterocycles. The lowest BCUT2D eigenvalue weighted by Crippen LogP contribution is -2.48. The molecular weight excluding hydrogens is 474 g/mol. The van der Waals surface area contributed by atoms with Gasteiger partial charge in [-0.25, -0.2) is 4.79 Å². The van der Waals surface area contributed by atoms with E-state index in [9.17, 15) is 4.79 Å². The third-order valence-electron chi connectivity index (χ3n) is 6.93. The highest BCUT2D eigenvalue weighted by Crippen LogP contribution is 2.36. The van der Waals surface area contributed by atoms with E-state index < -0.39 is 0 Å². The predicted octanol–water partition coefficient (Wildman–Crippen LogP) is 5.38. The summed E-state index contributed by atoms with van der Waals surface area (Å²) in [6.45, 7) is 8.57. The van der Waals surface area contributed by atoms with Crippen LogP contribution in [0.5, 0.6) is 0 Å². The zero-order chi connectivity index (χ0) is 24.8. The third kappa shape index (κ3) is 3.94. The Morgan fingerprint density at radius 3 is 2.33 bits per heavy atom. The van der Waals surface area contributed by atoms with Gasteiger partial charge in [-0.15, -0.1) is 0 Å². The molecule has 4 heterocycles. The fourth-order valence-electron chi connectivity index (χ4n) is 4.99. The average Bonchev–Trinajstić information content (AvgIpc) is 3.27. The van der Waals surface area contributed by atoms with Crippen molar-refractivity contribution in [2.24, 2.45) is 0 Å². The summed E-state index contributed by atoms with van der Waals surface area (Å²) >= 11 is 6.33. The van der Waals surface area contributed by atoms with Crippen molar-refractivity contribution in [2.75, 3.05) is 31.1 Å². The second-order valence-corrected chi connectivity index (χ2v) is 9.80. The fraction of sp³-hybridized carbons (Fsp3) is 0.250. The van der Waals surface area contributed by atoms with E-state index >= 15 is 0 Å². The maximum absolute atomic E-state index is 13.4. The van der Waals surface area contributed by atoms with Gasteiger partial charge in [0.25, 0.3) is 0 Å². The van der Waals surface area contributed by atoms with Crippen LogP contribution in [0.3, 0.4) is 0 Å². The molecule has 1 fully saturated rings. The summed E-state index contributed by atoms with van der Waals surface area (Å²) in [4.78, 5) is 26.9. The molecule has 0 amide bonds. The number of aromatic nitrogens is 3. The Morgan fingerprint density at radius 2 is 1.64 bits per heavy atom. The number of anilines is 1. The summed E-state index contributed by atoms with van der Waals surface area (Å²) in [5.74, 6) is 0. The Labute approximate surface area is 213 Å². The molecular formula is C28H26ClN5O2. The molecule has 7 nitrogen and oxygen atoms in total. The average molecular weight is 500 g/mol. The zero-order valence-corrected chi connectivity index (χ0v) is 20.9. The second-order valence-electron chi connectivity index (χ2n) is 9.37. The Hall–Kier alpha value is -3.68. The molecule has 0 atom stereocenters. The van der Waals surface area contributed by atoms with Gasteiger partial charge in [-0.3, -0.25) is 14.5 Å². The van der Waals surface area contributed by atoms with E-state index in [1.807, 2.05) is 24.3 Å². The number of nitrogens with zero attached hydrogens (tertiary/aromatic N) is 5. The number of rotatable bonds is 4. The van der Waals surface area contributed by atoms with Crippen LogP contribution in [-0.2, 0) is 0 Å². The molecule has 0 unspecified atom stereocenters. The van der Waals surface area contributed by atoms with Crippen LogP contribution in [0, 0.1) is 0 Å². The number of furan rings is 1. The largest absolute Gasteiger partial charge is 0.452 e. The Bertz CT molecular complexity index is 1600. The maximum Gasteiger partial charge on any atom is 0.353 e. The minimum Gasteiger partial charge on any atom is -0.452 e. The van der Waals surface area contributed by atoms with E-state index in [4.69, 9.17) is 16.0 Å². The molecule has 3 aromatic heterocycles. The molecule has 1 aliphatic heterocycles. The number of piperazine rings is 1. The standard InChI is InChI=1S/C28H26ClN5O2/c1-18(2)32-13-15-33(16-14-32)21-6-3-19(4-7-21)25-27-26(23-17-20(29)5-8-24(23)36-27)34(28(35)31-25)22-9-11-30-12-10-22/h3-12,17-18H,13-16H2,1-2H3. The van der Waals surface area contributed by atoms with Crippen molar-refractivity contribution in [3.8, 4) is 16.9 Å². The van der Waals surface area contributed by atoms with Crippen molar-refractivity contribution in [1.82, 2.24) is 19.4 Å². The minimum absolute atomic E-state index is 0.389.